The third-order valence-corrected chi connectivity index (χ3v) is 10.3. The molecule has 2 fully saturated rings. The quantitative estimate of drug-likeness (QED) is 0.478. The molecule has 0 aromatic carbocycles. The van der Waals surface area contributed by atoms with Gasteiger partial charge in [0.05, 0.1) is 5.41 Å². The van der Waals surface area contributed by atoms with Gasteiger partial charge in [-0.1, -0.05) is 34.6 Å². The van der Waals surface area contributed by atoms with Gasteiger partial charge in [0, 0.05) is 12.5 Å². The van der Waals surface area contributed by atoms with Crippen LogP contribution in [0.2, 0.25) is 18.1 Å². The van der Waals surface area contributed by atoms with Crippen molar-refractivity contribution in [1.29, 1.82) is 0 Å². The fourth-order valence-corrected chi connectivity index (χ4v) is 4.94. The summed E-state index contributed by atoms with van der Waals surface area (Å²) in [5, 5.41) is 0.246. The summed E-state index contributed by atoms with van der Waals surface area (Å²) in [4.78, 5) is 12.3. The summed E-state index contributed by atoms with van der Waals surface area (Å²) < 4.78 is 12.1. The maximum Gasteiger partial charge on any atom is 0.312 e. The van der Waals surface area contributed by atoms with Gasteiger partial charge in [0.25, 0.3) is 0 Å². The molecule has 3 nitrogen and oxygen atoms in total. The summed E-state index contributed by atoms with van der Waals surface area (Å²) in [6.45, 7) is 19.5. The Hall–Kier alpha value is -0.353. The number of carbonyl (C=O) groups excluding carboxylic acids is 1. The van der Waals surface area contributed by atoms with Crippen LogP contribution in [0.15, 0.2) is 0 Å². The molecule has 0 amide bonds. The Labute approximate surface area is 144 Å². The van der Waals surface area contributed by atoms with Crippen molar-refractivity contribution in [1.82, 2.24) is 0 Å². The number of hydrogen-bond donors (Lipinski definition) is 0. The molecule has 2 rings (SSSR count). The van der Waals surface area contributed by atoms with Crippen molar-refractivity contribution in [2.24, 2.45) is 5.41 Å². The third kappa shape index (κ3) is 4.59. The number of ether oxygens (including phenoxy) is 1. The van der Waals surface area contributed by atoms with Crippen molar-refractivity contribution in [2.75, 3.05) is 0 Å². The van der Waals surface area contributed by atoms with Crippen molar-refractivity contribution in [3.8, 4) is 0 Å². The van der Waals surface area contributed by atoms with Crippen LogP contribution in [0.1, 0.15) is 80.6 Å². The number of hydrogen-bond acceptors (Lipinski definition) is 3. The third-order valence-electron chi connectivity index (χ3n) is 5.72. The maximum absolute atomic E-state index is 12.3. The minimum Gasteiger partial charge on any atom is -0.459 e. The predicted octanol–water partition coefficient (Wildman–Crippen LogP) is 5.69. The molecule has 0 atom stereocenters. The highest BCUT2D eigenvalue weighted by atomic mass is 28.4. The highest BCUT2D eigenvalue weighted by molar-refractivity contribution is 6.74. The molecule has 1 saturated heterocycles. The average Bonchev–Trinajstić information content (AvgIpc) is 2.63. The Morgan fingerprint density at radius 3 is 1.96 bits per heavy atom. The van der Waals surface area contributed by atoms with Crippen LogP contribution in [0, 0.1) is 5.41 Å². The van der Waals surface area contributed by atoms with Gasteiger partial charge in [-0.25, -0.2) is 0 Å². The van der Waals surface area contributed by atoms with E-state index in [-0.39, 0.29) is 22.0 Å². The molecule has 0 aromatic heterocycles. The van der Waals surface area contributed by atoms with Crippen molar-refractivity contribution < 1.29 is 14.0 Å². The predicted molar refractivity (Wildman–Crippen MR) is 99.1 cm³/mol. The lowest BCUT2D eigenvalue weighted by Gasteiger charge is -2.42. The van der Waals surface area contributed by atoms with Crippen LogP contribution >= 0.6 is 0 Å². The Bertz CT molecular complexity index is 413. The molecule has 1 spiro atoms. The highest BCUT2D eigenvalue weighted by Gasteiger charge is 2.54. The van der Waals surface area contributed by atoms with Crippen LogP contribution in [0.4, 0.5) is 0 Å². The maximum atomic E-state index is 12.3. The van der Waals surface area contributed by atoms with Gasteiger partial charge in [0.2, 0.25) is 0 Å². The summed E-state index contributed by atoms with van der Waals surface area (Å²) in [6.07, 6.45) is 5.04. The van der Waals surface area contributed by atoms with E-state index in [0.717, 1.165) is 32.1 Å². The first-order chi connectivity index (χ1) is 10.4. The molecule has 23 heavy (non-hydrogen) atoms. The Morgan fingerprint density at radius 2 is 1.61 bits per heavy atom. The molecule has 0 unspecified atom stereocenters. The lowest BCUT2D eigenvalue weighted by molar-refractivity contribution is -0.154. The van der Waals surface area contributed by atoms with E-state index >= 15 is 0 Å². The normalized spacial score (nSPS) is 30.7. The first kappa shape index (κ1) is 20.7. The molecule has 1 heterocycles. The fraction of sp³-hybridized carbons (Fsp3) is 0.947. The summed E-state index contributed by atoms with van der Waals surface area (Å²) >= 11 is 0. The van der Waals surface area contributed by atoms with Crippen LogP contribution in [0.3, 0.4) is 0 Å². The topological polar surface area (TPSA) is 35.5 Å². The van der Waals surface area contributed by atoms with E-state index in [1.165, 1.54) is 0 Å². The van der Waals surface area contributed by atoms with E-state index in [2.05, 4.69) is 33.9 Å². The van der Waals surface area contributed by atoms with Gasteiger partial charge in [-0.3, -0.25) is 4.79 Å². The van der Waals surface area contributed by atoms with Crippen LogP contribution in [0.25, 0.3) is 0 Å². The summed E-state index contributed by atoms with van der Waals surface area (Å²) in [7, 11) is -1.70. The second kappa shape index (κ2) is 6.87. The molecule has 136 valence electrons. The standard InChI is InChI=1S/C17H32O3Si.C2H6/c1-15(2,3)21(6,7)20-13-8-10-17(11-9-13)12-16(4,5)19-14(17)18;1-2/h13H,8-12H2,1-7H3;1-2H3. The zero-order valence-corrected chi connectivity index (χ0v) is 17.8. The van der Waals surface area contributed by atoms with Gasteiger partial charge >= 0.3 is 5.97 Å². The van der Waals surface area contributed by atoms with Crippen LogP contribution < -0.4 is 0 Å². The van der Waals surface area contributed by atoms with Crippen LogP contribution in [-0.2, 0) is 14.0 Å². The number of esters is 1. The molecule has 2 aliphatic rings. The first-order valence-electron chi connectivity index (χ1n) is 9.28. The monoisotopic (exact) mass is 342 g/mol. The summed E-state index contributed by atoms with van der Waals surface area (Å²) in [6, 6.07) is 0. The van der Waals surface area contributed by atoms with Crippen LogP contribution in [0.5, 0.6) is 0 Å². The highest BCUT2D eigenvalue weighted by Crippen LogP contribution is 2.51. The lowest BCUT2D eigenvalue weighted by atomic mass is 9.70. The van der Waals surface area contributed by atoms with Gasteiger partial charge in [0.1, 0.15) is 5.60 Å². The SMILES string of the molecule is CC.CC1(C)CC2(CCC(O[Si](C)(C)C(C)(C)C)CC2)C(=O)O1. The minimum absolute atomic E-state index is 0.0262. The lowest BCUT2D eigenvalue weighted by Crippen LogP contribution is -2.46. The first-order valence-corrected chi connectivity index (χ1v) is 12.2. The van der Waals surface area contributed by atoms with E-state index in [1.807, 2.05) is 27.7 Å². The molecule has 0 bridgehead atoms. The zero-order valence-electron chi connectivity index (χ0n) is 16.8. The molecular formula is C19H38O3Si. The van der Waals surface area contributed by atoms with Crippen molar-refractivity contribution >= 4 is 14.3 Å². The molecule has 0 radical (unpaired) electrons. The minimum atomic E-state index is -1.70. The van der Waals surface area contributed by atoms with E-state index in [1.54, 1.807) is 0 Å². The van der Waals surface area contributed by atoms with E-state index in [4.69, 9.17) is 9.16 Å². The Kier molecular flexibility index (Phi) is 6.18. The second-order valence-corrected chi connectivity index (χ2v) is 13.9. The molecule has 0 N–H and O–H groups in total. The van der Waals surface area contributed by atoms with Gasteiger partial charge in [-0.15, -0.1) is 0 Å². The van der Waals surface area contributed by atoms with Crippen molar-refractivity contribution in [3.05, 3.63) is 0 Å². The van der Waals surface area contributed by atoms with Crippen molar-refractivity contribution in [2.45, 2.75) is 110 Å². The number of rotatable bonds is 2. The molecule has 1 aliphatic heterocycles. The van der Waals surface area contributed by atoms with Crippen LogP contribution in [-0.4, -0.2) is 26.0 Å². The van der Waals surface area contributed by atoms with E-state index in [9.17, 15) is 4.79 Å². The van der Waals surface area contributed by atoms with Gasteiger partial charge in [-0.05, 0) is 57.7 Å². The second-order valence-electron chi connectivity index (χ2n) is 9.18. The van der Waals surface area contributed by atoms with E-state index < -0.39 is 8.32 Å². The Morgan fingerprint density at radius 1 is 1.13 bits per heavy atom. The number of carbonyl (C=O) groups is 1. The molecule has 1 saturated carbocycles. The zero-order chi connectivity index (χ0) is 18.1. The molecule has 4 heteroatoms. The summed E-state index contributed by atoms with van der Waals surface area (Å²) in [5.74, 6) is 0.0262. The van der Waals surface area contributed by atoms with Gasteiger partial charge < -0.3 is 9.16 Å². The average molecular weight is 343 g/mol. The fourth-order valence-electron chi connectivity index (χ4n) is 3.52. The molecule has 0 aromatic rings. The molecular weight excluding hydrogens is 304 g/mol. The van der Waals surface area contributed by atoms with E-state index in [0.29, 0.717) is 6.10 Å². The Balaban J connectivity index is 0.00000127. The number of cyclic esters (lactones) is 1. The molecule has 1 aliphatic carbocycles. The van der Waals surface area contributed by atoms with Crippen molar-refractivity contribution in [3.63, 3.8) is 0 Å². The van der Waals surface area contributed by atoms with Gasteiger partial charge in [0.15, 0.2) is 8.32 Å². The summed E-state index contributed by atoms with van der Waals surface area (Å²) in [5.41, 5.74) is -0.513. The smallest absolute Gasteiger partial charge is 0.312 e. The van der Waals surface area contributed by atoms with Gasteiger partial charge in [-0.2, -0.15) is 0 Å². The largest absolute Gasteiger partial charge is 0.459 e.